The number of rotatable bonds is 7. The molecule has 0 aliphatic carbocycles. The van der Waals surface area contributed by atoms with Gasteiger partial charge in [0.05, 0.1) is 17.0 Å². The number of amides is 1. The summed E-state index contributed by atoms with van der Waals surface area (Å²) in [4.78, 5) is 37.3. The van der Waals surface area contributed by atoms with Gasteiger partial charge in [0.15, 0.2) is 5.78 Å². The number of carbonyl (C=O) groups excluding carboxylic acids is 3. The van der Waals surface area contributed by atoms with Gasteiger partial charge >= 0.3 is 5.97 Å². The van der Waals surface area contributed by atoms with Crippen LogP contribution in [-0.2, 0) is 4.74 Å². The van der Waals surface area contributed by atoms with Crippen molar-refractivity contribution in [1.29, 1.82) is 0 Å². The average molecular weight is 478 g/mol. The first-order chi connectivity index (χ1) is 13.6. The number of Topliss-reactive ketones (excluding diaryl/α,β-unsaturated/α-hetero) is 1. The number of halogens is 3. The molecule has 0 saturated heterocycles. The summed E-state index contributed by atoms with van der Waals surface area (Å²) in [6.45, 7) is 4.85. The Morgan fingerprint density at radius 1 is 1.17 bits per heavy atom. The fraction of sp³-hybridized carbons (Fsp3) is 0.316. The fourth-order valence-electron chi connectivity index (χ4n) is 2.53. The van der Waals surface area contributed by atoms with Crippen LogP contribution >= 0.6 is 46.1 Å². The topological polar surface area (TPSA) is 84.5 Å². The summed E-state index contributed by atoms with van der Waals surface area (Å²) in [5.74, 6) is -1.31. The van der Waals surface area contributed by atoms with E-state index < -0.39 is 21.8 Å². The van der Waals surface area contributed by atoms with Crippen molar-refractivity contribution in [2.24, 2.45) is 0 Å². The van der Waals surface area contributed by atoms with Gasteiger partial charge in [0.25, 0.3) is 5.91 Å². The second-order valence-corrected chi connectivity index (χ2v) is 9.38. The minimum Gasteiger partial charge on any atom is -0.462 e. The molecule has 10 heteroatoms. The molecule has 6 nitrogen and oxygen atoms in total. The molecule has 1 heterocycles. The third-order valence-electron chi connectivity index (χ3n) is 3.86. The van der Waals surface area contributed by atoms with Crippen LogP contribution in [0.2, 0.25) is 0 Å². The average Bonchev–Trinajstić information content (AvgIpc) is 2.97. The van der Waals surface area contributed by atoms with Crippen molar-refractivity contribution < 1.29 is 19.1 Å². The highest BCUT2D eigenvalue weighted by Crippen LogP contribution is 2.38. The van der Waals surface area contributed by atoms with Gasteiger partial charge in [-0.25, -0.2) is 4.79 Å². The first kappa shape index (κ1) is 23.5. The third-order valence-corrected chi connectivity index (χ3v) is 5.84. The summed E-state index contributed by atoms with van der Waals surface area (Å²) in [7, 11) is 0. The summed E-state index contributed by atoms with van der Waals surface area (Å²) in [5, 5.41) is 5.74. The van der Waals surface area contributed by atoms with Gasteiger partial charge in [-0.3, -0.25) is 9.59 Å². The number of ether oxygens (including phenoxy) is 1. The molecule has 2 rings (SSSR count). The predicted octanol–water partition coefficient (Wildman–Crippen LogP) is 4.97. The molecule has 29 heavy (non-hydrogen) atoms. The molecule has 0 aliphatic heterocycles. The lowest BCUT2D eigenvalue weighted by Crippen LogP contribution is -2.49. The minimum absolute atomic E-state index is 0.154. The van der Waals surface area contributed by atoms with Gasteiger partial charge in [-0.05, 0) is 38.5 Å². The van der Waals surface area contributed by atoms with Crippen molar-refractivity contribution in [3.63, 3.8) is 0 Å². The van der Waals surface area contributed by atoms with Gasteiger partial charge in [-0.1, -0.05) is 53.0 Å². The SMILES string of the molecule is CCOC(=O)c1c(N[C@@H](NC(=O)c2ccccc2)C(Cl)(Cl)Cl)sc(C(C)=O)c1C. The maximum Gasteiger partial charge on any atom is 0.341 e. The molecule has 0 radical (unpaired) electrons. The van der Waals surface area contributed by atoms with E-state index in [2.05, 4.69) is 10.6 Å². The number of ketones is 1. The Morgan fingerprint density at radius 2 is 1.79 bits per heavy atom. The molecule has 1 aromatic heterocycles. The number of esters is 1. The van der Waals surface area contributed by atoms with Crippen LogP contribution in [0.15, 0.2) is 30.3 Å². The number of hydrogen-bond donors (Lipinski definition) is 2. The van der Waals surface area contributed by atoms with E-state index in [0.29, 0.717) is 16.0 Å². The van der Waals surface area contributed by atoms with Gasteiger partial charge in [-0.2, -0.15) is 0 Å². The third kappa shape index (κ3) is 5.85. The fourth-order valence-corrected chi connectivity index (χ4v) is 3.98. The second-order valence-electron chi connectivity index (χ2n) is 6.00. The Hall–Kier alpha value is -1.80. The van der Waals surface area contributed by atoms with Crippen LogP contribution in [0.25, 0.3) is 0 Å². The number of nitrogens with one attached hydrogen (secondary N) is 2. The van der Waals surface area contributed by atoms with Crippen LogP contribution < -0.4 is 10.6 Å². The molecule has 1 amide bonds. The maximum absolute atomic E-state index is 12.5. The molecule has 2 N–H and O–H groups in total. The monoisotopic (exact) mass is 476 g/mol. The molecular weight excluding hydrogens is 459 g/mol. The normalized spacial score (nSPS) is 12.2. The first-order valence-corrected chi connectivity index (χ1v) is 10.5. The van der Waals surface area contributed by atoms with E-state index in [-0.39, 0.29) is 23.0 Å². The largest absolute Gasteiger partial charge is 0.462 e. The molecule has 0 fully saturated rings. The zero-order valence-electron chi connectivity index (χ0n) is 15.8. The highest BCUT2D eigenvalue weighted by molar-refractivity contribution is 7.18. The van der Waals surface area contributed by atoms with Crippen molar-refractivity contribution in [3.8, 4) is 0 Å². The number of alkyl halides is 3. The Balaban J connectivity index is 2.40. The summed E-state index contributed by atoms with van der Waals surface area (Å²) in [6.07, 6.45) is -1.19. The molecule has 156 valence electrons. The highest BCUT2D eigenvalue weighted by atomic mass is 35.6. The maximum atomic E-state index is 12.5. The van der Waals surface area contributed by atoms with Crippen LogP contribution in [0, 0.1) is 6.92 Å². The van der Waals surface area contributed by atoms with Crippen LogP contribution in [0.1, 0.15) is 49.8 Å². The molecule has 0 bridgehead atoms. The van der Waals surface area contributed by atoms with Crippen LogP contribution in [-0.4, -0.2) is 34.2 Å². The molecule has 0 aliphatic rings. The molecule has 1 atom stereocenters. The minimum atomic E-state index is -1.95. The van der Waals surface area contributed by atoms with Gasteiger partial charge < -0.3 is 15.4 Å². The van der Waals surface area contributed by atoms with Crippen LogP contribution in [0.4, 0.5) is 5.00 Å². The van der Waals surface area contributed by atoms with E-state index in [9.17, 15) is 14.4 Å². The molecule has 0 unspecified atom stereocenters. The van der Waals surface area contributed by atoms with Crippen molar-refractivity contribution >= 4 is 68.8 Å². The smallest absolute Gasteiger partial charge is 0.341 e. The second kappa shape index (κ2) is 9.80. The van der Waals surface area contributed by atoms with E-state index in [1.807, 2.05) is 0 Å². The predicted molar refractivity (Wildman–Crippen MR) is 117 cm³/mol. The molecular formula is C19H19Cl3N2O4S. The Labute approximate surface area is 187 Å². The number of benzene rings is 1. The Kier molecular flexibility index (Phi) is 7.94. The van der Waals surface area contributed by atoms with E-state index >= 15 is 0 Å². The summed E-state index contributed by atoms with van der Waals surface area (Å²) < 4.78 is 3.14. The van der Waals surface area contributed by atoms with Crippen molar-refractivity contribution in [2.75, 3.05) is 11.9 Å². The zero-order chi connectivity index (χ0) is 21.8. The Morgan fingerprint density at radius 3 is 2.31 bits per heavy atom. The molecule has 2 aromatic rings. The van der Waals surface area contributed by atoms with Crippen molar-refractivity contribution in [2.45, 2.75) is 30.7 Å². The number of thiophene rings is 1. The Bertz CT molecular complexity index is 910. The van der Waals surface area contributed by atoms with E-state index in [1.54, 1.807) is 44.2 Å². The number of anilines is 1. The van der Waals surface area contributed by atoms with Crippen LogP contribution in [0.5, 0.6) is 0 Å². The van der Waals surface area contributed by atoms with E-state index in [0.717, 1.165) is 11.3 Å². The van der Waals surface area contributed by atoms with Gasteiger partial charge in [-0.15, -0.1) is 11.3 Å². The number of carbonyl (C=O) groups is 3. The molecule has 1 aromatic carbocycles. The zero-order valence-corrected chi connectivity index (χ0v) is 18.9. The molecule has 0 saturated carbocycles. The summed E-state index contributed by atoms with van der Waals surface area (Å²) in [5.41, 5.74) is 0.988. The highest BCUT2D eigenvalue weighted by Gasteiger charge is 2.36. The van der Waals surface area contributed by atoms with Gasteiger partial charge in [0, 0.05) is 5.56 Å². The summed E-state index contributed by atoms with van der Waals surface area (Å²) in [6, 6.07) is 8.39. The van der Waals surface area contributed by atoms with E-state index in [4.69, 9.17) is 39.5 Å². The van der Waals surface area contributed by atoms with Crippen molar-refractivity contribution in [3.05, 3.63) is 51.9 Å². The summed E-state index contributed by atoms with van der Waals surface area (Å²) >= 11 is 19.2. The lowest BCUT2D eigenvalue weighted by Gasteiger charge is -2.27. The van der Waals surface area contributed by atoms with E-state index in [1.165, 1.54) is 6.92 Å². The van der Waals surface area contributed by atoms with Crippen LogP contribution in [0.3, 0.4) is 0 Å². The first-order valence-electron chi connectivity index (χ1n) is 8.56. The standard InChI is InChI=1S/C19H19Cl3N2O4S/c1-4-28-17(27)13-10(2)14(11(3)25)29-16(13)24-18(19(20,21)22)23-15(26)12-8-6-5-7-9-12/h5-9,18,24H,4H2,1-3H3,(H,23,26)/t18-/m1/s1. The van der Waals surface area contributed by atoms with Gasteiger partial charge in [0.2, 0.25) is 3.79 Å². The lowest BCUT2D eigenvalue weighted by atomic mass is 10.1. The number of hydrogen-bond acceptors (Lipinski definition) is 6. The van der Waals surface area contributed by atoms with Crippen molar-refractivity contribution in [1.82, 2.24) is 5.32 Å². The molecule has 0 spiro atoms. The quantitative estimate of drug-likeness (QED) is 0.254. The van der Waals surface area contributed by atoms with Gasteiger partial charge in [0.1, 0.15) is 11.2 Å². The lowest BCUT2D eigenvalue weighted by molar-refractivity contribution is 0.0527.